The predicted octanol–water partition coefficient (Wildman–Crippen LogP) is 2.09. The molecule has 0 radical (unpaired) electrons. The van der Waals surface area contributed by atoms with Crippen LogP contribution in [-0.2, 0) is 16.0 Å². The predicted molar refractivity (Wildman–Crippen MR) is 66.7 cm³/mol. The molecule has 1 rings (SSSR count). The Hall–Kier alpha value is -1.20. The van der Waals surface area contributed by atoms with E-state index in [-0.39, 0.29) is 11.6 Å². The molecule has 0 aliphatic carbocycles. The molecule has 0 saturated carbocycles. The van der Waals surface area contributed by atoms with Gasteiger partial charge in [0.2, 0.25) is 0 Å². The Bertz CT molecular complexity index is 446. The topological polar surface area (TPSA) is 65.2 Å². The number of esters is 1. The minimum atomic E-state index is -0.898. The maximum absolute atomic E-state index is 13.0. The van der Waals surface area contributed by atoms with Gasteiger partial charge in [-0.05, 0) is 32.4 Å². The van der Waals surface area contributed by atoms with Crippen molar-refractivity contribution in [3.05, 3.63) is 28.8 Å². The normalized spacial score (nSPS) is 13.2. The van der Waals surface area contributed by atoms with E-state index in [1.54, 1.807) is 20.8 Å². The van der Waals surface area contributed by atoms with Gasteiger partial charge in [0, 0.05) is 6.42 Å². The Morgan fingerprint density at radius 3 is 2.78 bits per heavy atom. The van der Waals surface area contributed by atoms with Crippen molar-refractivity contribution < 1.29 is 13.9 Å². The summed E-state index contributed by atoms with van der Waals surface area (Å²) in [5.74, 6) is -1.08. The number of hydrogen-bond donors (Lipinski definition) is 1. The van der Waals surface area contributed by atoms with E-state index in [2.05, 4.69) is 4.98 Å². The van der Waals surface area contributed by atoms with Crippen LogP contribution in [-0.4, -0.2) is 22.6 Å². The molecule has 0 aliphatic rings. The molecule has 0 amide bonds. The summed E-state index contributed by atoms with van der Waals surface area (Å²) in [6.45, 7) is 5.23. The summed E-state index contributed by atoms with van der Waals surface area (Å²) in [4.78, 5) is 15.3. The van der Waals surface area contributed by atoms with Crippen molar-refractivity contribution in [1.29, 1.82) is 0 Å². The molecule has 100 valence electrons. The molecule has 0 aliphatic heterocycles. The highest BCUT2D eigenvalue weighted by molar-refractivity contribution is 6.30. The minimum absolute atomic E-state index is 0.0819. The van der Waals surface area contributed by atoms with Crippen LogP contribution in [0.25, 0.3) is 0 Å². The molecule has 18 heavy (non-hydrogen) atoms. The number of rotatable bonds is 3. The fourth-order valence-electron chi connectivity index (χ4n) is 1.31. The number of pyridine rings is 1. The molecule has 1 atom stereocenters. The Balaban J connectivity index is 2.72. The van der Waals surface area contributed by atoms with Crippen LogP contribution in [0.5, 0.6) is 0 Å². The third-order valence-electron chi connectivity index (χ3n) is 2.03. The van der Waals surface area contributed by atoms with Crippen molar-refractivity contribution in [1.82, 2.24) is 4.98 Å². The zero-order valence-electron chi connectivity index (χ0n) is 10.5. The Labute approximate surface area is 110 Å². The van der Waals surface area contributed by atoms with Gasteiger partial charge in [-0.1, -0.05) is 11.6 Å². The zero-order valence-corrected chi connectivity index (χ0v) is 11.3. The second-order valence-electron chi connectivity index (χ2n) is 4.95. The van der Waals surface area contributed by atoms with E-state index in [1.165, 1.54) is 6.07 Å². The fourth-order valence-corrected chi connectivity index (χ4v) is 1.49. The summed E-state index contributed by atoms with van der Waals surface area (Å²) in [5.41, 5.74) is 5.46. The molecule has 4 nitrogen and oxygen atoms in total. The van der Waals surface area contributed by atoms with Gasteiger partial charge in [-0.3, -0.25) is 4.79 Å². The number of aromatic nitrogens is 1. The van der Waals surface area contributed by atoms with Crippen molar-refractivity contribution in [2.75, 3.05) is 0 Å². The maximum Gasteiger partial charge on any atom is 0.323 e. The van der Waals surface area contributed by atoms with Crippen molar-refractivity contribution in [2.24, 2.45) is 5.73 Å². The van der Waals surface area contributed by atoms with E-state index >= 15 is 0 Å². The lowest BCUT2D eigenvalue weighted by atomic mass is 10.1. The van der Waals surface area contributed by atoms with Crippen LogP contribution in [0.1, 0.15) is 26.3 Å². The lowest BCUT2D eigenvalue weighted by molar-refractivity contribution is -0.156. The molecule has 0 spiro atoms. The highest BCUT2D eigenvalue weighted by Gasteiger charge is 2.23. The quantitative estimate of drug-likeness (QED) is 0.677. The van der Waals surface area contributed by atoms with Crippen LogP contribution in [0.4, 0.5) is 4.39 Å². The van der Waals surface area contributed by atoms with Gasteiger partial charge in [-0.2, -0.15) is 0 Å². The first-order valence-corrected chi connectivity index (χ1v) is 5.85. The fraction of sp³-hybridized carbons (Fsp3) is 0.500. The molecule has 1 heterocycles. The number of nitrogens with zero attached hydrogens (tertiary/aromatic N) is 1. The molecule has 0 unspecified atom stereocenters. The standard InChI is InChI=1S/C12H16ClFN2O2/c1-12(2,3)18-11(17)9(15)5-7-4-8(14)6-16-10(7)13/h4,6,9H,5,15H2,1-3H3/t9-/m1/s1. The SMILES string of the molecule is CC(C)(C)OC(=O)[C@H](N)Cc1cc(F)cnc1Cl. The molecule has 1 aromatic rings. The van der Waals surface area contributed by atoms with Crippen LogP contribution in [0.15, 0.2) is 12.3 Å². The summed E-state index contributed by atoms with van der Waals surface area (Å²) in [6.07, 6.45) is 1.09. The number of carbonyl (C=O) groups is 1. The van der Waals surface area contributed by atoms with E-state index in [0.717, 1.165) is 6.20 Å². The van der Waals surface area contributed by atoms with Gasteiger partial charge in [0.1, 0.15) is 22.6 Å². The smallest absolute Gasteiger partial charge is 0.323 e. The summed E-state index contributed by atoms with van der Waals surface area (Å²) < 4.78 is 18.1. The van der Waals surface area contributed by atoms with Crippen LogP contribution < -0.4 is 5.73 Å². The molecule has 1 aromatic heterocycles. The van der Waals surface area contributed by atoms with Crippen LogP contribution in [0, 0.1) is 5.82 Å². The Morgan fingerprint density at radius 1 is 1.61 bits per heavy atom. The van der Waals surface area contributed by atoms with Gasteiger partial charge < -0.3 is 10.5 Å². The minimum Gasteiger partial charge on any atom is -0.459 e. The van der Waals surface area contributed by atoms with Crippen molar-refractivity contribution in [2.45, 2.75) is 38.8 Å². The molecular weight excluding hydrogens is 259 g/mol. The summed E-state index contributed by atoms with van der Waals surface area (Å²) in [7, 11) is 0. The number of carbonyl (C=O) groups excluding carboxylic acids is 1. The molecule has 0 aromatic carbocycles. The van der Waals surface area contributed by atoms with E-state index < -0.39 is 23.4 Å². The van der Waals surface area contributed by atoms with Crippen LogP contribution in [0.2, 0.25) is 5.15 Å². The van der Waals surface area contributed by atoms with E-state index in [4.69, 9.17) is 22.1 Å². The van der Waals surface area contributed by atoms with Gasteiger partial charge in [-0.15, -0.1) is 0 Å². The number of ether oxygens (including phenoxy) is 1. The van der Waals surface area contributed by atoms with Crippen LogP contribution in [0.3, 0.4) is 0 Å². The van der Waals surface area contributed by atoms with Gasteiger partial charge in [0.25, 0.3) is 0 Å². The average Bonchev–Trinajstić information content (AvgIpc) is 2.21. The van der Waals surface area contributed by atoms with Gasteiger partial charge in [-0.25, -0.2) is 9.37 Å². The first kappa shape index (κ1) is 14.9. The summed E-state index contributed by atoms with van der Waals surface area (Å²) in [6, 6.07) is 0.310. The van der Waals surface area contributed by atoms with E-state index in [1.807, 2.05) is 0 Å². The van der Waals surface area contributed by atoms with Crippen molar-refractivity contribution in [3.8, 4) is 0 Å². The highest BCUT2D eigenvalue weighted by Crippen LogP contribution is 2.16. The molecule has 0 fully saturated rings. The largest absolute Gasteiger partial charge is 0.459 e. The van der Waals surface area contributed by atoms with E-state index in [9.17, 15) is 9.18 Å². The molecular formula is C12H16ClFN2O2. The number of nitrogens with two attached hydrogens (primary N) is 1. The van der Waals surface area contributed by atoms with E-state index in [0.29, 0.717) is 5.56 Å². The molecule has 2 N–H and O–H groups in total. The van der Waals surface area contributed by atoms with Gasteiger partial charge in [0.05, 0.1) is 6.20 Å². The second kappa shape index (κ2) is 5.63. The molecule has 6 heteroatoms. The summed E-state index contributed by atoms with van der Waals surface area (Å²) >= 11 is 5.79. The second-order valence-corrected chi connectivity index (χ2v) is 5.31. The monoisotopic (exact) mass is 274 g/mol. The van der Waals surface area contributed by atoms with Crippen LogP contribution >= 0.6 is 11.6 Å². The molecule has 0 saturated heterocycles. The lowest BCUT2D eigenvalue weighted by Gasteiger charge is -2.22. The summed E-state index contributed by atoms with van der Waals surface area (Å²) in [5, 5.41) is 0.135. The average molecular weight is 275 g/mol. The van der Waals surface area contributed by atoms with Gasteiger partial charge >= 0.3 is 5.97 Å². The number of halogens is 2. The number of hydrogen-bond acceptors (Lipinski definition) is 4. The Morgan fingerprint density at radius 2 is 2.22 bits per heavy atom. The zero-order chi connectivity index (χ0) is 13.9. The van der Waals surface area contributed by atoms with Crippen molar-refractivity contribution >= 4 is 17.6 Å². The molecule has 0 bridgehead atoms. The third-order valence-corrected chi connectivity index (χ3v) is 2.37. The maximum atomic E-state index is 13.0. The highest BCUT2D eigenvalue weighted by atomic mass is 35.5. The first-order chi connectivity index (χ1) is 8.19. The van der Waals surface area contributed by atoms with Gasteiger partial charge in [0.15, 0.2) is 0 Å². The lowest BCUT2D eigenvalue weighted by Crippen LogP contribution is -2.38. The first-order valence-electron chi connectivity index (χ1n) is 5.47. The third kappa shape index (κ3) is 4.58. The Kier molecular flexibility index (Phi) is 4.65. The van der Waals surface area contributed by atoms with Crippen molar-refractivity contribution in [3.63, 3.8) is 0 Å².